The molecule has 0 bridgehead atoms. The van der Waals surface area contributed by atoms with Crippen LogP contribution in [0.25, 0.3) is 0 Å². The molecule has 62 valence electrons. The Balaban J connectivity index is 0.000001000. The molecule has 0 radical (unpaired) electrons. The van der Waals surface area contributed by atoms with Crippen molar-refractivity contribution >= 4 is 11.6 Å². The maximum atomic E-state index is 5.72. The molecule has 1 aromatic rings. The Morgan fingerprint density at radius 2 is 1.55 bits per heavy atom. The summed E-state index contributed by atoms with van der Waals surface area (Å²) >= 11 is 5.72. The summed E-state index contributed by atoms with van der Waals surface area (Å²) in [5, 5.41) is 0.810. The van der Waals surface area contributed by atoms with E-state index in [-0.39, 0.29) is 7.43 Å². The van der Waals surface area contributed by atoms with Crippen LogP contribution in [0.3, 0.4) is 0 Å². The van der Waals surface area contributed by atoms with Gasteiger partial charge in [0, 0.05) is 5.02 Å². The molecule has 1 aromatic carbocycles. The highest BCUT2D eigenvalue weighted by Gasteiger charge is 1.96. The first-order valence-electron chi connectivity index (χ1n) is 3.45. The molecule has 0 spiro atoms. The molecule has 1 rings (SSSR count). The minimum absolute atomic E-state index is 0. The lowest BCUT2D eigenvalue weighted by Crippen LogP contribution is -1.84. The zero-order valence-electron chi connectivity index (χ0n) is 6.26. The molecule has 0 saturated carbocycles. The highest BCUT2D eigenvalue weighted by atomic mass is 35.5. The van der Waals surface area contributed by atoms with E-state index >= 15 is 0 Å². The first kappa shape index (κ1) is 10.5. The summed E-state index contributed by atoms with van der Waals surface area (Å²) in [5.74, 6) is 0.595. The molecule has 0 heterocycles. The monoisotopic (exact) mass is 170 g/mol. The Morgan fingerprint density at radius 3 is 1.91 bits per heavy atom. The molecule has 0 unspecified atom stereocenters. The highest BCUT2D eigenvalue weighted by molar-refractivity contribution is 6.30. The standard InChI is InChI=1S/C9H11Cl.CH4/c1-7(2)8-3-5-9(10)6-4-8;/h3-7H,1-2H3;1H4. The molecule has 0 fully saturated rings. The number of hydrogen-bond donors (Lipinski definition) is 0. The van der Waals surface area contributed by atoms with Crippen LogP contribution in [-0.4, -0.2) is 0 Å². The summed E-state index contributed by atoms with van der Waals surface area (Å²) in [6.07, 6.45) is 0. The molecule has 1 heteroatoms. The summed E-state index contributed by atoms with van der Waals surface area (Å²) in [6, 6.07) is 7.98. The summed E-state index contributed by atoms with van der Waals surface area (Å²) in [7, 11) is 0. The maximum Gasteiger partial charge on any atom is 0.0406 e. The van der Waals surface area contributed by atoms with Crippen molar-refractivity contribution in [3.63, 3.8) is 0 Å². The van der Waals surface area contributed by atoms with Crippen molar-refractivity contribution in [2.45, 2.75) is 27.2 Å². The topological polar surface area (TPSA) is 0 Å². The van der Waals surface area contributed by atoms with Gasteiger partial charge in [0.05, 0.1) is 0 Å². The van der Waals surface area contributed by atoms with E-state index in [2.05, 4.69) is 26.0 Å². The smallest absolute Gasteiger partial charge is 0.0406 e. The number of halogens is 1. The second kappa shape index (κ2) is 4.40. The van der Waals surface area contributed by atoms with Gasteiger partial charge >= 0.3 is 0 Å². The van der Waals surface area contributed by atoms with Crippen molar-refractivity contribution in [3.05, 3.63) is 34.9 Å². The van der Waals surface area contributed by atoms with Crippen LogP contribution in [0.1, 0.15) is 32.8 Å². The van der Waals surface area contributed by atoms with Gasteiger partial charge in [0.2, 0.25) is 0 Å². The minimum atomic E-state index is 0. The third kappa shape index (κ3) is 2.94. The van der Waals surface area contributed by atoms with Crippen LogP contribution in [-0.2, 0) is 0 Å². The largest absolute Gasteiger partial charge is 0.0843 e. The molecule has 11 heavy (non-hydrogen) atoms. The van der Waals surface area contributed by atoms with Crippen molar-refractivity contribution in [2.75, 3.05) is 0 Å². The minimum Gasteiger partial charge on any atom is -0.0843 e. The highest BCUT2D eigenvalue weighted by Crippen LogP contribution is 2.16. The molecule has 0 aliphatic rings. The van der Waals surface area contributed by atoms with E-state index in [4.69, 9.17) is 11.6 Å². The molecule has 0 atom stereocenters. The van der Waals surface area contributed by atoms with Crippen molar-refractivity contribution in [2.24, 2.45) is 0 Å². The fraction of sp³-hybridized carbons (Fsp3) is 0.400. The van der Waals surface area contributed by atoms with Crippen LogP contribution in [0.4, 0.5) is 0 Å². The molecule has 0 aliphatic heterocycles. The predicted molar refractivity (Wildman–Crippen MR) is 52.3 cm³/mol. The lowest BCUT2D eigenvalue weighted by Gasteiger charge is -2.03. The summed E-state index contributed by atoms with van der Waals surface area (Å²) < 4.78 is 0. The average molecular weight is 171 g/mol. The Labute approximate surface area is 74.2 Å². The molecule has 0 N–H and O–H groups in total. The van der Waals surface area contributed by atoms with E-state index in [0.717, 1.165) is 5.02 Å². The summed E-state index contributed by atoms with van der Waals surface area (Å²) in [4.78, 5) is 0. The van der Waals surface area contributed by atoms with Gasteiger partial charge in [-0.15, -0.1) is 0 Å². The van der Waals surface area contributed by atoms with Crippen molar-refractivity contribution in [1.29, 1.82) is 0 Å². The molecular formula is C10H15Cl. The first-order chi connectivity index (χ1) is 4.70. The Kier molecular flexibility index (Phi) is 4.20. The Hall–Kier alpha value is -0.490. The van der Waals surface area contributed by atoms with Crippen molar-refractivity contribution in [3.8, 4) is 0 Å². The van der Waals surface area contributed by atoms with Crippen LogP contribution in [0, 0.1) is 0 Å². The zero-order valence-corrected chi connectivity index (χ0v) is 7.02. The van der Waals surface area contributed by atoms with Gasteiger partial charge in [-0.3, -0.25) is 0 Å². The fourth-order valence-electron chi connectivity index (χ4n) is 0.848. The van der Waals surface area contributed by atoms with Crippen molar-refractivity contribution in [1.82, 2.24) is 0 Å². The zero-order chi connectivity index (χ0) is 7.56. The summed E-state index contributed by atoms with van der Waals surface area (Å²) in [5.41, 5.74) is 1.34. The van der Waals surface area contributed by atoms with E-state index < -0.39 is 0 Å². The molecule has 0 nitrogen and oxygen atoms in total. The molecule has 0 amide bonds. The van der Waals surface area contributed by atoms with E-state index in [1.165, 1.54) is 5.56 Å². The number of rotatable bonds is 1. The van der Waals surface area contributed by atoms with E-state index in [1.807, 2.05) is 12.1 Å². The predicted octanol–water partition coefficient (Wildman–Crippen LogP) is 4.10. The quantitative estimate of drug-likeness (QED) is 0.596. The van der Waals surface area contributed by atoms with E-state index in [1.54, 1.807) is 0 Å². The lowest BCUT2D eigenvalue weighted by atomic mass is 10.0. The van der Waals surface area contributed by atoms with Gasteiger partial charge in [0.1, 0.15) is 0 Å². The molecular weight excluding hydrogens is 156 g/mol. The third-order valence-corrected chi connectivity index (χ3v) is 1.79. The van der Waals surface area contributed by atoms with Gasteiger partial charge < -0.3 is 0 Å². The molecule has 0 aromatic heterocycles. The summed E-state index contributed by atoms with van der Waals surface area (Å²) in [6.45, 7) is 4.34. The van der Waals surface area contributed by atoms with Gasteiger partial charge in [-0.05, 0) is 23.6 Å². The third-order valence-electron chi connectivity index (χ3n) is 1.54. The normalized spacial score (nSPS) is 9.45. The van der Waals surface area contributed by atoms with Crippen LogP contribution in [0.2, 0.25) is 5.02 Å². The average Bonchev–Trinajstić information content (AvgIpc) is 1.88. The lowest BCUT2D eigenvalue weighted by molar-refractivity contribution is 0.867. The first-order valence-corrected chi connectivity index (χ1v) is 3.83. The Morgan fingerprint density at radius 1 is 1.09 bits per heavy atom. The number of hydrogen-bond acceptors (Lipinski definition) is 0. The van der Waals surface area contributed by atoms with Gasteiger partial charge in [-0.25, -0.2) is 0 Å². The van der Waals surface area contributed by atoms with E-state index in [0.29, 0.717) is 5.92 Å². The van der Waals surface area contributed by atoms with Crippen LogP contribution < -0.4 is 0 Å². The van der Waals surface area contributed by atoms with Gasteiger partial charge in [0.15, 0.2) is 0 Å². The van der Waals surface area contributed by atoms with Crippen LogP contribution in [0.15, 0.2) is 24.3 Å². The van der Waals surface area contributed by atoms with Crippen molar-refractivity contribution < 1.29 is 0 Å². The number of benzene rings is 1. The van der Waals surface area contributed by atoms with E-state index in [9.17, 15) is 0 Å². The van der Waals surface area contributed by atoms with Gasteiger partial charge in [-0.1, -0.05) is 45.0 Å². The molecule has 0 saturated heterocycles. The van der Waals surface area contributed by atoms with Gasteiger partial charge in [-0.2, -0.15) is 0 Å². The second-order valence-electron chi connectivity index (χ2n) is 2.71. The van der Waals surface area contributed by atoms with Crippen LogP contribution >= 0.6 is 11.6 Å². The molecule has 0 aliphatic carbocycles. The fourth-order valence-corrected chi connectivity index (χ4v) is 0.974. The Bertz CT molecular complexity index is 199. The second-order valence-corrected chi connectivity index (χ2v) is 3.14. The maximum absolute atomic E-state index is 5.72. The van der Waals surface area contributed by atoms with Gasteiger partial charge in [0.25, 0.3) is 0 Å². The SMILES string of the molecule is C.CC(C)c1ccc(Cl)cc1. The van der Waals surface area contributed by atoms with Crippen LogP contribution in [0.5, 0.6) is 0 Å².